The fourth-order valence-electron chi connectivity index (χ4n) is 3.14. The highest BCUT2D eigenvalue weighted by molar-refractivity contribution is 7.16. The van der Waals surface area contributed by atoms with Gasteiger partial charge in [-0.05, 0) is 30.3 Å². The number of amides is 1. The van der Waals surface area contributed by atoms with E-state index in [0.29, 0.717) is 13.1 Å². The van der Waals surface area contributed by atoms with Crippen LogP contribution in [0.15, 0.2) is 42.7 Å². The van der Waals surface area contributed by atoms with E-state index in [0.717, 1.165) is 45.4 Å². The highest BCUT2D eigenvalue weighted by atomic mass is 35.5. The molecule has 7 heteroatoms. The maximum Gasteiger partial charge on any atom is 0.237 e. The molecule has 1 saturated heterocycles. The summed E-state index contributed by atoms with van der Waals surface area (Å²) in [5.74, 6) is 0.167. The molecule has 0 aliphatic carbocycles. The number of hydrogen-bond acceptors (Lipinski definition) is 4. The van der Waals surface area contributed by atoms with Gasteiger partial charge >= 0.3 is 0 Å². The number of nitrogens with one attached hydrogen (secondary N) is 1. The molecule has 0 saturated carbocycles. The molecule has 0 atom stereocenters. The highest BCUT2D eigenvalue weighted by Crippen LogP contribution is 2.22. The van der Waals surface area contributed by atoms with Crippen molar-refractivity contribution in [1.29, 1.82) is 0 Å². The lowest BCUT2D eigenvalue weighted by atomic mass is 10.2. The Morgan fingerprint density at radius 1 is 1.31 bits per heavy atom. The molecule has 0 radical (unpaired) electrons. The normalized spacial score (nSPS) is 16.2. The van der Waals surface area contributed by atoms with Crippen molar-refractivity contribution in [1.82, 2.24) is 19.8 Å². The summed E-state index contributed by atoms with van der Waals surface area (Å²) in [6, 6.07) is 7.92. The summed E-state index contributed by atoms with van der Waals surface area (Å²) in [6.07, 6.45) is 7.76. The van der Waals surface area contributed by atoms with Crippen LogP contribution in [-0.2, 0) is 11.3 Å². The van der Waals surface area contributed by atoms with Crippen LogP contribution in [0.5, 0.6) is 0 Å². The average Bonchev–Trinajstić information content (AvgIpc) is 3.22. The predicted molar refractivity (Wildman–Crippen MR) is 106 cm³/mol. The van der Waals surface area contributed by atoms with E-state index in [9.17, 15) is 4.79 Å². The Bertz CT molecular complexity index is 915. The first kappa shape index (κ1) is 17.3. The van der Waals surface area contributed by atoms with Gasteiger partial charge in [-0.25, -0.2) is 0 Å². The number of aromatic amines is 1. The molecular weight excluding hydrogens is 368 g/mol. The third-order valence-corrected chi connectivity index (χ3v) is 5.67. The number of pyridine rings is 1. The summed E-state index contributed by atoms with van der Waals surface area (Å²) < 4.78 is 0.793. The molecule has 0 bridgehead atoms. The Morgan fingerprint density at radius 2 is 2.23 bits per heavy atom. The smallest absolute Gasteiger partial charge is 0.237 e. The van der Waals surface area contributed by atoms with Crippen molar-refractivity contribution in [2.45, 2.75) is 6.54 Å². The minimum atomic E-state index is 0.167. The maximum atomic E-state index is 12.5. The molecule has 1 amide bonds. The molecule has 134 valence electrons. The molecule has 0 unspecified atom stereocenters. The zero-order valence-corrected chi connectivity index (χ0v) is 15.8. The van der Waals surface area contributed by atoms with Gasteiger partial charge < -0.3 is 9.88 Å². The zero-order chi connectivity index (χ0) is 17.9. The van der Waals surface area contributed by atoms with Crippen molar-refractivity contribution in [3.63, 3.8) is 0 Å². The molecule has 1 N–H and O–H groups in total. The van der Waals surface area contributed by atoms with Gasteiger partial charge in [0.25, 0.3) is 0 Å². The number of aromatic nitrogens is 2. The van der Waals surface area contributed by atoms with E-state index in [1.165, 1.54) is 0 Å². The van der Waals surface area contributed by atoms with Crippen LogP contribution in [0.25, 0.3) is 17.0 Å². The minimum absolute atomic E-state index is 0.167. The number of fused-ring (bicyclic) bond motifs is 1. The number of hydrogen-bond donors (Lipinski definition) is 1. The lowest BCUT2D eigenvalue weighted by molar-refractivity contribution is -0.136. The Balaban J connectivity index is 1.31. The first-order chi connectivity index (χ1) is 12.7. The Morgan fingerprint density at radius 3 is 3.00 bits per heavy atom. The summed E-state index contributed by atoms with van der Waals surface area (Å²) in [5.41, 5.74) is 2.10. The van der Waals surface area contributed by atoms with Gasteiger partial charge in [0.2, 0.25) is 5.91 Å². The lowest BCUT2D eigenvalue weighted by Gasteiger charge is -2.33. The van der Waals surface area contributed by atoms with Gasteiger partial charge in [0.1, 0.15) is 0 Å². The van der Waals surface area contributed by atoms with Crippen LogP contribution in [0, 0.1) is 0 Å². The average molecular weight is 387 g/mol. The molecule has 4 rings (SSSR count). The van der Waals surface area contributed by atoms with E-state index < -0.39 is 0 Å². The molecule has 1 fully saturated rings. The van der Waals surface area contributed by atoms with E-state index in [1.807, 2.05) is 29.3 Å². The van der Waals surface area contributed by atoms with Crippen LogP contribution in [0.2, 0.25) is 4.34 Å². The van der Waals surface area contributed by atoms with Crippen molar-refractivity contribution in [2.75, 3.05) is 26.2 Å². The minimum Gasteiger partial charge on any atom is -0.357 e. The van der Waals surface area contributed by atoms with Gasteiger partial charge in [0, 0.05) is 53.5 Å². The van der Waals surface area contributed by atoms with Crippen molar-refractivity contribution in [2.24, 2.45) is 0 Å². The van der Waals surface area contributed by atoms with E-state index >= 15 is 0 Å². The van der Waals surface area contributed by atoms with Gasteiger partial charge in [0.05, 0.1) is 17.4 Å². The second kappa shape index (κ2) is 7.61. The van der Waals surface area contributed by atoms with Crippen LogP contribution >= 0.6 is 22.9 Å². The molecule has 3 aromatic rings. The fraction of sp³-hybridized carbons (Fsp3) is 0.263. The number of carbonyl (C=O) groups excluding carboxylic acids is 1. The summed E-state index contributed by atoms with van der Waals surface area (Å²) in [4.78, 5) is 25.2. The molecule has 4 heterocycles. The summed E-state index contributed by atoms with van der Waals surface area (Å²) >= 11 is 7.49. The summed E-state index contributed by atoms with van der Waals surface area (Å²) in [5, 5.41) is 1.08. The molecule has 26 heavy (non-hydrogen) atoms. The first-order valence-corrected chi connectivity index (χ1v) is 9.70. The van der Waals surface area contributed by atoms with Gasteiger partial charge in [-0.15, -0.1) is 11.3 Å². The topological polar surface area (TPSA) is 52.2 Å². The molecule has 0 spiro atoms. The Kier molecular flexibility index (Phi) is 5.06. The van der Waals surface area contributed by atoms with Gasteiger partial charge in [-0.2, -0.15) is 0 Å². The third-order valence-electron chi connectivity index (χ3n) is 4.48. The monoisotopic (exact) mass is 386 g/mol. The SMILES string of the molecule is O=C1CN(C/C=C/c2ccc(Cl)s2)CCN1Cc1cc2cnccc2[nH]1. The number of thiophene rings is 1. The van der Waals surface area contributed by atoms with E-state index in [1.54, 1.807) is 17.5 Å². The van der Waals surface area contributed by atoms with Crippen LogP contribution in [0.3, 0.4) is 0 Å². The van der Waals surface area contributed by atoms with Gasteiger partial charge in [0.15, 0.2) is 0 Å². The second-order valence-electron chi connectivity index (χ2n) is 6.35. The fourth-order valence-corrected chi connectivity index (χ4v) is 4.13. The zero-order valence-electron chi connectivity index (χ0n) is 14.2. The van der Waals surface area contributed by atoms with Gasteiger partial charge in [-0.1, -0.05) is 17.7 Å². The van der Waals surface area contributed by atoms with E-state index in [2.05, 4.69) is 33.1 Å². The Labute approximate surface area is 160 Å². The van der Waals surface area contributed by atoms with Crippen molar-refractivity contribution < 1.29 is 4.79 Å². The van der Waals surface area contributed by atoms with E-state index in [-0.39, 0.29) is 5.91 Å². The molecule has 1 aliphatic heterocycles. The maximum absolute atomic E-state index is 12.5. The molecule has 3 aromatic heterocycles. The first-order valence-electron chi connectivity index (χ1n) is 8.51. The number of H-pyrrole nitrogens is 1. The van der Waals surface area contributed by atoms with Crippen molar-refractivity contribution in [3.8, 4) is 0 Å². The number of piperazine rings is 1. The quantitative estimate of drug-likeness (QED) is 0.728. The van der Waals surface area contributed by atoms with Crippen LogP contribution in [0.1, 0.15) is 10.6 Å². The van der Waals surface area contributed by atoms with E-state index in [4.69, 9.17) is 11.6 Å². The molecule has 1 aliphatic rings. The molecular formula is C19H19ClN4OS. The number of halogens is 1. The van der Waals surface area contributed by atoms with Gasteiger partial charge in [-0.3, -0.25) is 14.7 Å². The standard InChI is InChI=1S/C19H19ClN4OS/c20-18-4-3-16(26-18)2-1-7-23-8-9-24(19(25)13-23)12-15-10-14-11-21-6-5-17(14)22-15/h1-6,10-11,22H,7-9,12-13H2/b2-1+. The third kappa shape index (κ3) is 3.98. The second-order valence-corrected chi connectivity index (χ2v) is 8.10. The van der Waals surface area contributed by atoms with Crippen LogP contribution in [-0.4, -0.2) is 51.9 Å². The summed E-state index contributed by atoms with van der Waals surface area (Å²) in [6.45, 7) is 3.46. The number of carbonyl (C=O) groups is 1. The molecule has 0 aromatic carbocycles. The van der Waals surface area contributed by atoms with Crippen molar-refractivity contribution >= 4 is 45.8 Å². The van der Waals surface area contributed by atoms with Crippen LogP contribution in [0.4, 0.5) is 0 Å². The summed E-state index contributed by atoms with van der Waals surface area (Å²) in [7, 11) is 0. The Hall–Kier alpha value is -2.15. The highest BCUT2D eigenvalue weighted by Gasteiger charge is 2.23. The van der Waals surface area contributed by atoms with Crippen molar-refractivity contribution in [3.05, 3.63) is 57.6 Å². The lowest BCUT2D eigenvalue weighted by Crippen LogP contribution is -2.49. The predicted octanol–water partition coefficient (Wildman–Crippen LogP) is 3.64. The number of nitrogens with zero attached hydrogens (tertiary/aromatic N) is 3. The molecule has 5 nitrogen and oxygen atoms in total. The largest absolute Gasteiger partial charge is 0.357 e. The number of rotatable bonds is 5. The van der Waals surface area contributed by atoms with Crippen LogP contribution < -0.4 is 0 Å².